The zero-order chi connectivity index (χ0) is 11.4. The van der Waals surface area contributed by atoms with E-state index in [9.17, 15) is 8.42 Å². The van der Waals surface area contributed by atoms with E-state index in [1.54, 1.807) is 0 Å². The topological polar surface area (TPSA) is 67.4 Å². The van der Waals surface area contributed by atoms with Crippen molar-refractivity contribution in [3.63, 3.8) is 0 Å². The first-order valence-electron chi connectivity index (χ1n) is 5.10. The van der Waals surface area contributed by atoms with E-state index in [1.807, 2.05) is 35.2 Å². The Labute approximate surface area is 94.9 Å². The molecule has 1 fully saturated rings. The van der Waals surface area contributed by atoms with Crippen molar-refractivity contribution in [2.24, 2.45) is 0 Å². The van der Waals surface area contributed by atoms with E-state index in [-0.39, 0.29) is 12.6 Å². The highest BCUT2D eigenvalue weighted by atomic mass is 32.2. The molecule has 0 atom stereocenters. The Morgan fingerprint density at radius 1 is 1.25 bits per heavy atom. The molecule has 1 aromatic rings. The van der Waals surface area contributed by atoms with Gasteiger partial charge in [-0.15, -0.1) is 0 Å². The van der Waals surface area contributed by atoms with Crippen molar-refractivity contribution in [1.82, 2.24) is 9.61 Å². The van der Waals surface area contributed by atoms with Crippen LogP contribution in [-0.2, 0) is 21.7 Å². The van der Waals surface area contributed by atoms with Crippen LogP contribution in [0.5, 0.6) is 0 Å². The van der Waals surface area contributed by atoms with Crippen LogP contribution in [0.25, 0.3) is 0 Å². The number of hydrogen-bond donors (Lipinski definition) is 2. The van der Waals surface area contributed by atoms with Crippen LogP contribution in [0.15, 0.2) is 30.3 Å². The minimum absolute atomic E-state index is 0.0813. The summed E-state index contributed by atoms with van der Waals surface area (Å²) >= 11 is 0. The maximum absolute atomic E-state index is 11.3. The molecule has 0 saturated heterocycles. The predicted octanol–water partition coefficient (Wildman–Crippen LogP) is 0.705. The third-order valence-corrected chi connectivity index (χ3v) is 3.13. The predicted molar refractivity (Wildman–Crippen MR) is 59.4 cm³/mol. The zero-order valence-corrected chi connectivity index (χ0v) is 9.53. The van der Waals surface area contributed by atoms with Gasteiger partial charge in [0.25, 0.3) is 10.2 Å². The first-order chi connectivity index (χ1) is 7.66. The summed E-state index contributed by atoms with van der Waals surface area (Å²) in [5.74, 6) is 0. The van der Waals surface area contributed by atoms with Crippen molar-refractivity contribution in [2.45, 2.75) is 25.5 Å². The first-order valence-corrected chi connectivity index (χ1v) is 6.59. The summed E-state index contributed by atoms with van der Waals surface area (Å²) in [5.41, 5.74) is 0.914. The SMILES string of the molecule is O=S(=O)(NOCc1ccccc1)NC1CC1. The Balaban J connectivity index is 1.75. The van der Waals surface area contributed by atoms with Crippen molar-refractivity contribution in [3.05, 3.63) is 35.9 Å². The molecule has 1 aliphatic carbocycles. The fourth-order valence-corrected chi connectivity index (χ4v) is 2.15. The van der Waals surface area contributed by atoms with Crippen LogP contribution in [0.4, 0.5) is 0 Å². The van der Waals surface area contributed by atoms with Gasteiger partial charge in [-0.1, -0.05) is 35.2 Å². The van der Waals surface area contributed by atoms with Crippen LogP contribution < -0.4 is 9.61 Å². The highest BCUT2D eigenvalue weighted by Gasteiger charge is 2.26. The molecule has 1 aromatic carbocycles. The lowest BCUT2D eigenvalue weighted by Gasteiger charge is -2.07. The van der Waals surface area contributed by atoms with Gasteiger partial charge in [-0.3, -0.25) is 4.84 Å². The highest BCUT2D eigenvalue weighted by Crippen LogP contribution is 2.19. The van der Waals surface area contributed by atoms with Crippen molar-refractivity contribution in [3.8, 4) is 0 Å². The van der Waals surface area contributed by atoms with Gasteiger partial charge in [0.2, 0.25) is 0 Å². The van der Waals surface area contributed by atoms with Crippen LogP contribution in [0.1, 0.15) is 18.4 Å². The molecule has 2 N–H and O–H groups in total. The summed E-state index contributed by atoms with van der Waals surface area (Å²) < 4.78 is 25.1. The molecule has 0 bridgehead atoms. The lowest BCUT2D eigenvalue weighted by atomic mass is 10.2. The van der Waals surface area contributed by atoms with E-state index < -0.39 is 10.2 Å². The summed E-state index contributed by atoms with van der Waals surface area (Å²) in [6, 6.07) is 9.44. The Bertz CT molecular complexity index is 429. The normalized spacial score (nSPS) is 16.2. The van der Waals surface area contributed by atoms with Crippen molar-refractivity contribution in [1.29, 1.82) is 0 Å². The average Bonchev–Trinajstić information content (AvgIpc) is 3.02. The zero-order valence-electron chi connectivity index (χ0n) is 8.72. The van der Waals surface area contributed by atoms with E-state index in [1.165, 1.54) is 0 Å². The second-order valence-electron chi connectivity index (χ2n) is 3.75. The molecule has 16 heavy (non-hydrogen) atoms. The molecule has 0 aliphatic heterocycles. The molecule has 1 saturated carbocycles. The van der Waals surface area contributed by atoms with Crippen LogP contribution in [-0.4, -0.2) is 14.5 Å². The smallest absolute Gasteiger partial charge is 0.281 e. The largest absolute Gasteiger partial charge is 0.299 e. The van der Waals surface area contributed by atoms with Gasteiger partial charge in [-0.2, -0.15) is 13.1 Å². The Morgan fingerprint density at radius 3 is 2.56 bits per heavy atom. The van der Waals surface area contributed by atoms with Gasteiger partial charge in [0.05, 0.1) is 6.61 Å². The van der Waals surface area contributed by atoms with Gasteiger partial charge < -0.3 is 0 Å². The molecule has 0 aromatic heterocycles. The molecule has 0 unspecified atom stereocenters. The fourth-order valence-electron chi connectivity index (χ4n) is 1.21. The fraction of sp³-hybridized carbons (Fsp3) is 0.400. The minimum atomic E-state index is -3.51. The summed E-state index contributed by atoms with van der Waals surface area (Å²) in [4.78, 5) is 6.95. The Morgan fingerprint density at radius 2 is 1.94 bits per heavy atom. The van der Waals surface area contributed by atoms with Crippen molar-refractivity contribution < 1.29 is 13.3 Å². The van der Waals surface area contributed by atoms with Gasteiger partial charge >= 0.3 is 0 Å². The van der Waals surface area contributed by atoms with Gasteiger partial charge in [-0.25, -0.2) is 0 Å². The minimum Gasteiger partial charge on any atom is -0.281 e. The van der Waals surface area contributed by atoms with Gasteiger partial charge in [-0.05, 0) is 18.4 Å². The molecule has 1 aliphatic rings. The van der Waals surface area contributed by atoms with Gasteiger partial charge in [0.15, 0.2) is 0 Å². The molecule has 88 valence electrons. The van der Waals surface area contributed by atoms with Crippen molar-refractivity contribution >= 4 is 10.2 Å². The summed E-state index contributed by atoms with van der Waals surface area (Å²) in [5, 5.41) is 0. The number of hydrogen-bond acceptors (Lipinski definition) is 3. The number of nitrogens with one attached hydrogen (secondary N) is 2. The molecular formula is C10H14N2O3S. The summed E-state index contributed by atoms with van der Waals surface area (Å²) in [7, 11) is -3.51. The van der Waals surface area contributed by atoms with Gasteiger partial charge in [0, 0.05) is 6.04 Å². The molecule has 5 nitrogen and oxygen atoms in total. The summed E-state index contributed by atoms with van der Waals surface area (Å²) in [6.07, 6.45) is 1.80. The quantitative estimate of drug-likeness (QED) is 0.722. The number of benzene rings is 1. The van der Waals surface area contributed by atoms with E-state index >= 15 is 0 Å². The Hall–Kier alpha value is -0.950. The highest BCUT2D eigenvalue weighted by molar-refractivity contribution is 7.87. The monoisotopic (exact) mass is 242 g/mol. The second kappa shape index (κ2) is 4.92. The molecule has 0 amide bonds. The Kier molecular flexibility index (Phi) is 3.55. The molecule has 6 heteroatoms. The van der Waals surface area contributed by atoms with Crippen LogP contribution in [0.3, 0.4) is 0 Å². The third-order valence-electron chi connectivity index (χ3n) is 2.15. The lowest BCUT2D eigenvalue weighted by molar-refractivity contribution is 0.0785. The van der Waals surface area contributed by atoms with Crippen LogP contribution >= 0.6 is 0 Å². The van der Waals surface area contributed by atoms with E-state index in [0.717, 1.165) is 18.4 Å². The number of rotatable bonds is 6. The standard InChI is InChI=1S/C10H14N2O3S/c13-16(14,11-10-6-7-10)12-15-8-9-4-2-1-3-5-9/h1-5,10-12H,6-8H2. The molecule has 0 heterocycles. The lowest BCUT2D eigenvalue weighted by Crippen LogP contribution is -2.37. The maximum atomic E-state index is 11.3. The molecule has 0 radical (unpaired) electrons. The first kappa shape index (κ1) is 11.5. The molecule has 0 spiro atoms. The average molecular weight is 242 g/mol. The maximum Gasteiger partial charge on any atom is 0.299 e. The van der Waals surface area contributed by atoms with E-state index in [0.29, 0.717) is 0 Å². The molecule has 2 rings (SSSR count). The van der Waals surface area contributed by atoms with E-state index in [2.05, 4.69) is 4.72 Å². The van der Waals surface area contributed by atoms with Crippen LogP contribution in [0.2, 0.25) is 0 Å². The van der Waals surface area contributed by atoms with E-state index in [4.69, 9.17) is 4.84 Å². The van der Waals surface area contributed by atoms with Gasteiger partial charge in [0.1, 0.15) is 0 Å². The summed E-state index contributed by atoms with van der Waals surface area (Å²) in [6.45, 7) is 0.215. The van der Waals surface area contributed by atoms with Crippen molar-refractivity contribution in [2.75, 3.05) is 0 Å². The second-order valence-corrected chi connectivity index (χ2v) is 5.16. The molecular weight excluding hydrogens is 228 g/mol. The van der Waals surface area contributed by atoms with Crippen LogP contribution in [0, 0.1) is 0 Å². The third kappa shape index (κ3) is 3.90.